The van der Waals surface area contributed by atoms with Gasteiger partial charge in [-0.1, -0.05) is 26.3 Å². The lowest BCUT2D eigenvalue weighted by atomic mass is 9.94. The van der Waals surface area contributed by atoms with Crippen molar-refractivity contribution in [3.05, 3.63) is 23.4 Å². The molecule has 5 heteroatoms. The van der Waals surface area contributed by atoms with E-state index in [0.717, 1.165) is 18.6 Å². The molecule has 1 saturated heterocycles. The minimum absolute atomic E-state index is 0.0452. The average Bonchev–Trinajstić information content (AvgIpc) is 2.78. The summed E-state index contributed by atoms with van der Waals surface area (Å²) < 4.78 is 5.71. The fraction of sp³-hybridized carbons (Fsp3) is 0.571. The first-order chi connectivity index (χ1) is 8.86. The summed E-state index contributed by atoms with van der Waals surface area (Å²) in [5.74, 6) is 1.48. The molecule has 2 heterocycles. The Morgan fingerprint density at radius 3 is 2.53 bits per heavy atom. The molecule has 1 fully saturated rings. The molecule has 5 nitrogen and oxygen atoms in total. The Balaban J connectivity index is 2.03. The van der Waals surface area contributed by atoms with Crippen molar-refractivity contribution in [1.29, 1.82) is 0 Å². The van der Waals surface area contributed by atoms with Crippen molar-refractivity contribution < 1.29 is 14.3 Å². The van der Waals surface area contributed by atoms with Gasteiger partial charge in [-0.2, -0.15) is 0 Å². The molecule has 19 heavy (non-hydrogen) atoms. The zero-order chi connectivity index (χ0) is 14.0. The molecule has 1 N–H and O–H groups in total. The van der Waals surface area contributed by atoms with E-state index in [4.69, 9.17) is 9.52 Å². The van der Waals surface area contributed by atoms with Crippen LogP contribution in [0.5, 0.6) is 0 Å². The summed E-state index contributed by atoms with van der Waals surface area (Å²) in [4.78, 5) is 16.5. The number of hydrogen-bond acceptors (Lipinski definition) is 3. The minimum Gasteiger partial charge on any atom is -0.465 e. The first-order valence-corrected chi connectivity index (χ1v) is 6.50. The number of nitrogens with zero attached hydrogens (tertiary/aromatic N) is 2. The van der Waals surface area contributed by atoms with E-state index >= 15 is 0 Å². The molecule has 0 aromatic carbocycles. The maximum atomic E-state index is 10.8. The Bertz CT molecular complexity index is 487. The molecule has 0 radical (unpaired) electrons. The Labute approximate surface area is 112 Å². The fourth-order valence-corrected chi connectivity index (χ4v) is 2.01. The highest BCUT2D eigenvalue weighted by atomic mass is 16.4. The molecule has 1 aromatic heterocycles. The van der Waals surface area contributed by atoms with Crippen molar-refractivity contribution in [2.75, 3.05) is 13.1 Å². The van der Waals surface area contributed by atoms with E-state index in [1.165, 1.54) is 10.5 Å². The van der Waals surface area contributed by atoms with Crippen LogP contribution in [0.15, 0.2) is 16.2 Å². The quantitative estimate of drug-likeness (QED) is 0.846. The molecule has 0 spiro atoms. The van der Waals surface area contributed by atoms with Gasteiger partial charge in [0, 0.05) is 18.5 Å². The van der Waals surface area contributed by atoms with Crippen LogP contribution in [0.3, 0.4) is 0 Å². The summed E-state index contributed by atoms with van der Waals surface area (Å²) >= 11 is 0. The third-order valence-electron chi connectivity index (χ3n) is 3.27. The largest absolute Gasteiger partial charge is 0.465 e. The molecule has 1 aromatic rings. The van der Waals surface area contributed by atoms with Gasteiger partial charge in [0.2, 0.25) is 5.89 Å². The SMILES string of the molecule is CC(C)(C)c1cnc(C=C2CCN(C(=O)O)CC2)o1. The predicted octanol–water partition coefficient (Wildman–Crippen LogP) is 3.13. The van der Waals surface area contributed by atoms with Gasteiger partial charge in [-0.3, -0.25) is 0 Å². The number of hydrogen-bond donors (Lipinski definition) is 1. The van der Waals surface area contributed by atoms with Crippen LogP contribution in [0.25, 0.3) is 6.08 Å². The molecule has 2 rings (SSSR count). The lowest BCUT2D eigenvalue weighted by molar-refractivity contribution is 0.142. The molecular weight excluding hydrogens is 244 g/mol. The normalized spacial score (nSPS) is 16.6. The summed E-state index contributed by atoms with van der Waals surface area (Å²) in [6, 6.07) is 0. The maximum Gasteiger partial charge on any atom is 0.407 e. The number of amides is 1. The smallest absolute Gasteiger partial charge is 0.407 e. The van der Waals surface area contributed by atoms with Crippen molar-refractivity contribution >= 4 is 12.2 Å². The average molecular weight is 264 g/mol. The van der Waals surface area contributed by atoms with Gasteiger partial charge in [-0.25, -0.2) is 9.78 Å². The second-order valence-electron chi connectivity index (χ2n) is 5.88. The molecule has 1 aliphatic heterocycles. The van der Waals surface area contributed by atoms with E-state index in [2.05, 4.69) is 25.8 Å². The van der Waals surface area contributed by atoms with Gasteiger partial charge in [0.1, 0.15) is 5.76 Å². The van der Waals surface area contributed by atoms with Gasteiger partial charge >= 0.3 is 6.09 Å². The van der Waals surface area contributed by atoms with Gasteiger partial charge in [0.25, 0.3) is 0 Å². The maximum absolute atomic E-state index is 10.8. The van der Waals surface area contributed by atoms with Crippen LogP contribution in [0, 0.1) is 0 Å². The van der Waals surface area contributed by atoms with E-state index < -0.39 is 6.09 Å². The van der Waals surface area contributed by atoms with E-state index in [9.17, 15) is 4.79 Å². The van der Waals surface area contributed by atoms with Crippen LogP contribution in [-0.2, 0) is 5.41 Å². The van der Waals surface area contributed by atoms with Crippen LogP contribution in [0.2, 0.25) is 0 Å². The number of oxazole rings is 1. The monoisotopic (exact) mass is 264 g/mol. The summed E-state index contributed by atoms with van der Waals surface area (Å²) in [6.45, 7) is 7.34. The Morgan fingerprint density at radius 1 is 1.42 bits per heavy atom. The van der Waals surface area contributed by atoms with Crippen LogP contribution in [0.1, 0.15) is 45.3 Å². The highest BCUT2D eigenvalue weighted by Crippen LogP contribution is 2.25. The molecular formula is C14H20N2O3. The molecule has 1 aliphatic rings. The predicted molar refractivity (Wildman–Crippen MR) is 72.0 cm³/mol. The highest BCUT2D eigenvalue weighted by Gasteiger charge is 2.20. The standard InChI is InChI=1S/C14H20N2O3/c1-14(2,3)11-9-15-12(19-11)8-10-4-6-16(7-5-10)13(17)18/h8-9H,4-7H2,1-3H3,(H,17,18). The lowest BCUT2D eigenvalue weighted by Gasteiger charge is -2.25. The number of likely N-dealkylation sites (tertiary alicyclic amines) is 1. The van der Waals surface area contributed by atoms with E-state index in [1.807, 2.05) is 6.08 Å². The van der Waals surface area contributed by atoms with Crippen LogP contribution in [0.4, 0.5) is 4.79 Å². The Kier molecular flexibility index (Phi) is 3.64. The number of carbonyl (C=O) groups is 1. The second kappa shape index (κ2) is 5.07. The highest BCUT2D eigenvalue weighted by molar-refractivity contribution is 5.65. The molecule has 0 atom stereocenters. The summed E-state index contributed by atoms with van der Waals surface area (Å²) in [5.41, 5.74) is 1.15. The van der Waals surface area contributed by atoms with E-state index in [0.29, 0.717) is 19.0 Å². The van der Waals surface area contributed by atoms with Crippen molar-refractivity contribution in [3.63, 3.8) is 0 Å². The first-order valence-electron chi connectivity index (χ1n) is 6.50. The topological polar surface area (TPSA) is 66.6 Å². The minimum atomic E-state index is -0.842. The van der Waals surface area contributed by atoms with Gasteiger partial charge in [-0.15, -0.1) is 0 Å². The Morgan fingerprint density at radius 2 is 2.05 bits per heavy atom. The number of carboxylic acid groups (broad SMARTS) is 1. The molecule has 0 saturated carbocycles. The van der Waals surface area contributed by atoms with Crippen molar-refractivity contribution in [1.82, 2.24) is 9.88 Å². The van der Waals surface area contributed by atoms with Crippen LogP contribution >= 0.6 is 0 Å². The zero-order valence-corrected chi connectivity index (χ0v) is 11.6. The van der Waals surface area contributed by atoms with Gasteiger partial charge in [-0.05, 0) is 18.9 Å². The third kappa shape index (κ3) is 3.36. The molecule has 104 valence electrons. The van der Waals surface area contributed by atoms with Gasteiger partial charge < -0.3 is 14.4 Å². The van der Waals surface area contributed by atoms with Crippen LogP contribution < -0.4 is 0 Å². The van der Waals surface area contributed by atoms with E-state index in [-0.39, 0.29) is 5.41 Å². The molecule has 0 bridgehead atoms. The first kappa shape index (κ1) is 13.6. The van der Waals surface area contributed by atoms with Crippen molar-refractivity contribution in [2.45, 2.75) is 39.0 Å². The summed E-state index contributed by atoms with van der Waals surface area (Å²) in [7, 11) is 0. The number of rotatable bonds is 1. The molecule has 1 amide bonds. The fourth-order valence-electron chi connectivity index (χ4n) is 2.01. The third-order valence-corrected chi connectivity index (χ3v) is 3.27. The zero-order valence-electron chi connectivity index (χ0n) is 11.6. The van der Waals surface area contributed by atoms with Gasteiger partial charge in [0.05, 0.1) is 6.20 Å². The molecule has 0 unspecified atom stereocenters. The summed E-state index contributed by atoms with van der Waals surface area (Å²) in [5, 5.41) is 8.88. The lowest BCUT2D eigenvalue weighted by Crippen LogP contribution is -2.35. The second-order valence-corrected chi connectivity index (χ2v) is 5.88. The van der Waals surface area contributed by atoms with Gasteiger partial charge in [0.15, 0.2) is 0 Å². The Hall–Kier alpha value is -1.78. The van der Waals surface area contributed by atoms with E-state index in [1.54, 1.807) is 6.20 Å². The molecule has 0 aliphatic carbocycles. The van der Waals surface area contributed by atoms with Crippen molar-refractivity contribution in [2.24, 2.45) is 0 Å². The number of aromatic nitrogens is 1. The number of piperidine rings is 1. The van der Waals surface area contributed by atoms with Crippen molar-refractivity contribution in [3.8, 4) is 0 Å². The van der Waals surface area contributed by atoms with Crippen LogP contribution in [-0.4, -0.2) is 34.2 Å². The summed E-state index contributed by atoms with van der Waals surface area (Å²) in [6.07, 6.45) is 4.36.